The molecule has 1 amide bonds. The summed E-state index contributed by atoms with van der Waals surface area (Å²) < 4.78 is 18.2. The summed E-state index contributed by atoms with van der Waals surface area (Å²) in [6.07, 6.45) is 0. The Labute approximate surface area is 122 Å². The Kier molecular flexibility index (Phi) is 4.55. The van der Waals surface area contributed by atoms with Gasteiger partial charge in [0.1, 0.15) is 0 Å². The van der Waals surface area contributed by atoms with E-state index < -0.39 is 5.82 Å². The number of hydrogen-bond acceptors (Lipinski definition) is 3. The van der Waals surface area contributed by atoms with Crippen molar-refractivity contribution in [2.24, 2.45) is 5.73 Å². The number of carbonyl (C=O) groups excluding carboxylic acids is 1. The maximum Gasteiger partial charge on any atom is 0.255 e. The number of nitrogens with one attached hydrogen (secondary N) is 1. The van der Waals surface area contributed by atoms with Crippen molar-refractivity contribution in [3.05, 3.63) is 59.4 Å². The summed E-state index contributed by atoms with van der Waals surface area (Å²) in [5, 5.41) is 2.78. The molecule has 5 heteroatoms. The van der Waals surface area contributed by atoms with Gasteiger partial charge in [-0.2, -0.15) is 0 Å². The lowest BCUT2D eigenvalue weighted by Crippen LogP contribution is -2.16. The number of amides is 1. The number of anilines is 1. The van der Waals surface area contributed by atoms with Crippen molar-refractivity contribution in [2.45, 2.75) is 13.0 Å². The highest BCUT2D eigenvalue weighted by atomic mass is 19.1. The first-order chi connectivity index (χ1) is 10.0. The van der Waals surface area contributed by atoms with Gasteiger partial charge in [0.05, 0.1) is 7.11 Å². The normalized spacial score (nSPS) is 11.8. The van der Waals surface area contributed by atoms with Crippen LogP contribution in [0.5, 0.6) is 5.75 Å². The fourth-order valence-electron chi connectivity index (χ4n) is 2.00. The third-order valence-electron chi connectivity index (χ3n) is 3.11. The summed E-state index contributed by atoms with van der Waals surface area (Å²) in [5.41, 5.74) is 7.66. The van der Waals surface area contributed by atoms with Crippen LogP contribution in [0.2, 0.25) is 0 Å². The quantitative estimate of drug-likeness (QED) is 0.908. The number of benzene rings is 2. The summed E-state index contributed by atoms with van der Waals surface area (Å²) in [6, 6.07) is 11.1. The van der Waals surface area contributed by atoms with Crippen LogP contribution in [0.3, 0.4) is 0 Å². The Morgan fingerprint density at radius 3 is 2.67 bits per heavy atom. The van der Waals surface area contributed by atoms with Crippen LogP contribution in [0.15, 0.2) is 42.5 Å². The Morgan fingerprint density at radius 2 is 2.00 bits per heavy atom. The van der Waals surface area contributed by atoms with Gasteiger partial charge in [-0.3, -0.25) is 4.79 Å². The van der Waals surface area contributed by atoms with Crippen molar-refractivity contribution in [3.63, 3.8) is 0 Å². The number of rotatable bonds is 4. The molecule has 4 nitrogen and oxygen atoms in total. The molecule has 0 saturated carbocycles. The third-order valence-corrected chi connectivity index (χ3v) is 3.11. The summed E-state index contributed by atoms with van der Waals surface area (Å²) in [5.74, 6) is -0.824. The van der Waals surface area contributed by atoms with Crippen LogP contribution in [0.4, 0.5) is 10.1 Å². The molecule has 2 aromatic carbocycles. The maximum atomic E-state index is 13.4. The Hall–Kier alpha value is -2.40. The molecular weight excluding hydrogens is 271 g/mol. The molecule has 3 N–H and O–H groups in total. The van der Waals surface area contributed by atoms with Crippen LogP contribution < -0.4 is 15.8 Å². The molecule has 0 aromatic heterocycles. The fraction of sp³-hybridized carbons (Fsp3) is 0.188. The highest BCUT2D eigenvalue weighted by molar-refractivity contribution is 6.04. The summed E-state index contributed by atoms with van der Waals surface area (Å²) >= 11 is 0. The summed E-state index contributed by atoms with van der Waals surface area (Å²) in [6.45, 7) is 1.84. The molecular formula is C16H17FN2O2. The molecule has 21 heavy (non-hydrogen) atoms. The van der Waals surface area contributed by atoms with Crippen molar-refractivity contribution in [2.75, 3.05) is 12.4 Å². The van der Waals surface area contributed by atoms with E-state index in [1.54, 1.807) is 6.07 Å². The fourth-order valence-corrected chi connectivity index (χ4v) is 2.00. The number of carbonyl (C=O) groups is 1. The molecule has 0 fully saturated rings. The topological polar surface area (TPSA) is 64.3 Å². The maximum absolute atomic E-state index is 13.4. The molecule has 1 atom stereocenters. The minimum atomic E-state index is -0.509. The predicted molar refractivity (Wildman–Crippen MR) is 79.9 cm³/mol. The Balaban J connectivity index is 2.26. The van der Waals surface area contributed by atoms with Gasteiger partial charge in [-0.1, -0.05) is 18.2 Å². The molecule has 0 aliphatic heterocycles. The monoisotopic (exact) mass is 288 g/mol. The van der Waals surface area contributed by atoms with Crippen molar-refractivity contribution in [3.8, 4) is 5.75 Å². The van der Waals surface area contributed by atoms with Gasteiger partial charge >= 0.3 is 0 Å². The Morgan fingerprint density at radius 1 is 1.29 bits per heavy atom. The number of nitrogens with two attached hydrogens (primary N) is 1. The van der Waals surface area contributed by atoms with Crippen molar-refractivity contribution in [1.82, 2.24) is 0 Å². The smallest absolute Gasteiger partial charge is 0.255 e. The molecule has 110 valence electrons. The van der Waals surface area contributed by atoms with Gasteiger partial charge in [-0.05, 0) is 36.8 Å². The summed E-state index contributed by atoms with van der Waals surface area (Å²) in [4.78, 5) is 12.2. The minimum Gasteiger partial charge on any atom is -0.494 e. The SMILES string of the molecule is COc1cc(C(=O)Nc2ccccc2C(C)N)ccc1F. The molecule has 0 saturated heterocycles. The highest BCUT2D eigenvalue weighted by Crippen LogP contribution is 2.23. The van der Waals surface area contributed by atoms with Gasteiger partial charge in [-0.15, -0.1) is 0 Å². The second-order valence-electron chi connectivity index (χ2n) is 4.68. The van der Waals surface area contributed by atoms with E-state index in [2.05, 4.69) is 5.32 Å². The molecule has 0 bridgehead atoms. The standard InChI is InChI=1S/C16H17FN2O2/c1-10(18)12-5-3-4-6-14(12)19-16(20)11-7-8-13(17)15(9-11)21-2/h3-10H,18H2,1-2H3,(H,19,20). The molecule has 0 aliphatic carbocycles. The van der Waals surface area contributed by atoms with Gasteiger partial charge in [0.15, 0.2) is 11.6 Å². The molecule has 2 aromatic rings. The predicted octanol–water partition coefficient (Wildman–Crippen LogP) is 3.11. The van der Waals surface area contributed by atoms with E-state index in [4.69, 9.17) is 10.5 Å². The van der Waals surface area contributed by atoms with E-state index in [9.17, 15) is 9.18 Å². The molecule has 0 radical (unpaired) electrons. The van der Waals surface area contributed by atoms with Crippen LogP contribution in [-0.2, 0) is 0 Å². The van der Waals surface area contributed by atoms with E-state index in [0.29, 0.717) is 11.3 Å². The zero-order chi connectivity index (χ0) is 15.4. The lowest BCUT2D eigenvalue weighted by molar-refractivity contribution is 0.102. The minimum absolute atomic E-state index is 0.0307. The first-order valence-electron chi connectivity index (χ1n) is 6.52. The number of halogens is 1. The largest absolute Gasteiger partial charge is 0.494 e. The van der Waals surface area contributed by atoms with Gasteiger partial charge in [0.2, 0.25) is 0 Å². The average molecular weight is 288 g/mol. The van der Waals surface area contributed by atoms with Gasteiger partial charge in [0.25, 0.3) is 5.91 Å². The lowest BCUT2D eigenvalue weighted by atomic mass is 10.1. The van der Waals surface area contributed by atoms with Crippen molar-refractivity contribution >= 4 is 11.6 Å². The van der Waals surface area contributed by atoms with Crippen LogP contribution in [0.25, 0.3) is 0 Å². The van der Waals surface area contributed by atoms with E-state index in [1.807, 2.05) is 25.1 Å². The summed E-state index contributed by atoms with van der Waals surface area (Å²) in [7, 11) is 1.35. The number of ether oxygens (including phenoxy) is 1. The van der Waals surface area contributed by atoms with Crippen LogP contribution in [-0.4, -0.2) is 13.0 Å². The van der Waals surface area contributed by atoms with Gasteiger partial charge in [-0.25, -0.2) is 4.39 Å². The second kappa shape index (κ2) is 6.37. The zero-order valence-electron chi connectivity index (χ0n) is 11.9. The number of para-hydroxylation sites is 1. The lowest BCUT2D eigenvalue weighted by Gasteiger charge is -2.14. The molecule has 0 aliphatic rings. The van der Waals surface area contributed by atoms with Crippen molar-refractivity contribution in [1.29, 1.82) is 0 Å². The number of methoxy groups -OCH3 is 1. The van der Waals surface area contributed by atoms with Crippen molar-refractivity contribution < 1.29 is 13.9 Å². The molecule has 0 spiro atoms. The van der Waals surface area contributed by atoms with Gasteiger partial charge < -0.3 is 15.8 Å². The number of hydrogen-bond donors (Lipinski definition) is 2. The zero-order valence-corrected chi connectivity index (χ0v) is 11.9. The van der Waals surface area contributed by atoms with E-state index >= 15 is 0 Å². The molecule has 2 rings (SSSR count). The third kappa shape index (κ3) is 3.38. The van der Waals surface area contributed by atoms with E-state index in [-0.39, 0.29) is 17.7 Å². The second-order valence-corrected chi connectivity index (χ2v) is 4.68. The van der Waals surface area contributed by atoms with E-state index in [0.717, 1.165) is 5.56 Å². The van der Waals surface area contributed by atoms with Gasteiger partial charge in [0, 0.05) is 17.3 Å². The Bertz CT molecular complexity index is 656. The molecule has 0 heterocycles. The highest BCUT2D eigenvalue weighted by Gasteiger charge is 2.13. The first-order valence-corrected chi connectivity index (χ1v) is 6.52. The first kappa shape index (κ1) is 15.0. The van der Waals surface area contributed by atoms with E-state index in [1.165, 1.54) is 25.3 Å². The molecule has 1 unspecified atom stereocenters. The average Bonchev–Trinajstić information content (AvgIpc) is 2.48. The van der Waals surface area contributed by atoms with Crippen LogP contribution in [0.1, 0.15) is 28.9 Å². The van der Waals surface area contributed by atoms with Crippen LogP contribution >= 0.6 is 0 Å². The van der Waals surface area contributed by atoms with Crippen LogP contribution in [0, 0.1) is 5.82 Å².